The standard InChI is InChI=1S/C42H34N2/c1-29-11-9-17-35(27-29)43(33-13-5-3-6-14-33)39-25-21-31-20-24-38-40(26-22-32-19-23-37(39)41(31)42(32)38)44(34-15-7-4-8-16-34)36-18-10-12-30(2)28-36/h3-25,27-28,40H,26H2,1-2H3. The third-order valence-electron chi connectivity index (χ3n) is 9.02. The minimum absolute atomic E-state index is 0.173. The maximum atomic E-state index is 2.53. The van der Waals surface area contributed by atoms with Crippen LogP contribution in [0.2, 0.25) is 0 Å². The molecule has 1 aliphatic rings. The van der Waals surface area contributed by atoms with Crippen molar-refractivity contribution in [1.82, 2.24) is 0 Å². The van der Waals surface area contributed by atoms with Crippen LogP contribution in [0.25, 0.3) is 27.6 Å². The molecule has 1 unspecified atom stereocenters. The fourth-order valence-electron chi connectivity index (χ4n) is 7.09. The zero-order valence-corrected chi connectivity index (χ0v) is 25.1. The molecule has 0 amide bonds. The summed E-state index contributed by atoms with van der Waals surface area (Å²) >= 11 is 0. The molecule has 7 aromatic carbocycles. The van der Waals surface area contributed by atoms with E-state index in [0.717, 1.165) is 12.1 Å². The number of nitrogens with zero attached hydrogens (tertiary/aromatic N) is 2. The molecule has 0 bridgehead atoms. The molecule has 0 spiro atoms. The van der Waals surface area contributed by atoms with Crippen molar-refractivity contribution in [2.24, 2.45) is 0 Å². The molecule has 0 saturated carbocycles. The summed E-state index contributed by atoms with van der Waals surface area (Å²) in [5, 5.41) is 6.57. The van der Waals surface area contributed by atoms with Crippen molar-refractivity contribution in [3.63, 3.8) is 0 Å². The Labute approximate surface area is 259 Å². The van der Waals surface area contributed by atoms with Gasteiger partial charge in [0.2, 0.25) is 0 Å². The van der Waals surface area contributed by atoms with E-state index in [1.165, 1.54) is 66.2 Å². The van der Waals surface area contributed by atoms with Crippen LogP contribution in [0.4, 0.5) is 28.4 Å². The number of anilines is 5. The molecule has 8 rings (SSSR count). The molecular weight excluding hydrogens is 532 g/mol. The van der Waals surface area contributed by atoms with Gasteiger partial charge in [-0.25, -0.2) is 0 Å². The Morgan fingerprint density at radius 2 is 1.16 bits per heavy atom. The Kier molecular flexibility index (Phi) is 6.42. The second kappa shape index (κ2) is 10.7. The second-order valence-electron chi connectivity index (χ2n) is 11.9. The van der Waals surface area contributed by atoms with E-state index in [-0.39, 0.29) is 6.04 Å². The Morgan fingerprint density at radius 1 is 0.523 bits per heavy atom. The van der Waals surface area contributed by atoms with Gasteiger partial charge in [0.1, 0.15) is 0 Å². The zero-order valence-electron chi connectivity index (χ0n) is 25.1. The van der Waals surface area contributed by atoms with Gasteiger partial charge in [-0.15, -0.1) is 0 Å². The fourth-order valence-corrected chi connectivity index (χ4v) is 7.09. The first-order valence-electron chi connectivity index (χ1n) is 15.5. The molecular formula is C42H34N2. The lowest BCUT2D eigenvalue weighted by Gasteiger charge is -2.36. The predicted octanol–water partition coefficient (Wildman–Crippen LogP) is 10.9. The molecule has 0 heterocycles. The van der Waals surface area contributed by atoms with E-state index >= 15 is 0 Å². The molecule has 212 valence electrons. The molecule has 0 radical (unpaired) electrons. The Balaban J connectivity index is 1.37. The summed E-state index contributed by atoms with van der Waals surface area (Å²) in [6, 6.07) is 53.4. The van der Waals surface area contributed by atoms with Crippen molar-refractivity contribution in [2.75, 3.05) is 9.80 Å². The number of aryl methyl sites for hydroxylation is 2. The van der Waals surface area contributed by atoms with Crippen LogP contribution in [0.5, 0.6) is 0 Å². The molecule has 0 aromatic heterocycles. The van der Waals surface area contributed by atoms with Crippen LogP contribution in [0.3, 0.4) is 0 Å². The molecule has 1 aliphatic carbocycles. The Hall–Kier alpha value is -5.34. The number of hydrogen-bond donors (Lipinski definition) is 0. The lowest BCUT2D eigenvalue weighted by molar-refractivity contribution is 0.725. The second-order valence-corrected chi connectivity index (χ2v) is 11.9. The van der Waals surface area contributed by atoms with Crippen molar-refractivity contribution in [3.05, 3.63) is 168 Å². The summed E-state index contributed by atoms with van der Waals surface area (Å²) in [4.78, 5) is 4.94. The van der Waals surface area contributed by atoms with Gasteiger partial charge in [0.25, 0.3) is 0 Å². The first-order valence-corrected chi connectivity index (χ1v) is 15.5. The smallest absolute Gasteiger partial charge is 0.0632 e. The molecule has 44 heavy (non-hydrogen) atoms. The highest BCUT2D eigenvalue weighted by Crippen LogP contribution is 2.45. The predicted molar refractivity (Wildman–Crippen MR) is 188 cm³/mol. The zero-order chi connectivity index (χ0) is 29.6. The van der Waals surface area contributed by atoms with E-state index in [1.807, 2.05) is 0 Å². The van der Waals surface area contributed by atoms with E-state index in [2.05, 4.69) is 175 Å². The van der Waals surface area contributed by atoms with Gasteiger partial charge in [0.05, 0.1) is 11.7 Å². The number of hydrogen-bond acceptors (Lipinski definition) is 2. The highest BCUT2D eigenvalue weighted by Gasteiger charge is 2.28. The molecule has 2 heteroatoms. The average molecular weight is 567 g/mol. The maximum absolute atomic E-state index is 2.53. The van der Waals surface area contributed by atoms with Gasteiger partial charge in [0.15, 0.2) is 0 Å². The number of rotatable bonds is 6. The SMILES string of the molecule is Cc1cccc(N(c2ccccc2)c2ccc3ccc4c5c(ccc2c35)=CCC4N(c2ccccc2)c2cccc(C)c2)c1. The van der Waals surface area contributed by atoms with E-state index in [1.54, 1.807) is 0 Å². The molecule has 0 aliphatic heterocycles. The van der Waals surface area contributed by atoms with E-state index in [4.69, 9.17) is 0 Å². The van der Waals surface area contributed by atoms with Crippen LogP contribution >= 0.6 is 0 Å². The van der Waals surface area contributed by atoms with Crippen molar-refractivity contribution in [2.45, 2.75) is 26.3 Å². The Morgan fingerprint density at radius 3 is 1.89 bits per heavy atom. The van der Waals surface area contributed by atoms with Gasteiger partial charge < -0.3 is 9.80 Å². The fraction of sp³-hybridized carbons (Fsp3) is 0.0952. The van der Waals surface area contributed by atoms with Gasteiger partial charge in [-0.3, -0.25) is 0 Å². The largest absolute Gasteiger partial charge is 0.334 e. The molecule has 7 aromatic rings. The molecule has 0 fully saturated rings. The molecule has 1 atom stereocenters. The molecule has 2 nitrogen and oxygen atoms in total. The highest BCUT2D eigenvalue weighted by atomic mass is 15.2. The third-order valence-corrected chi connectivity index (χ3v) is 9.02. The average Bonchev–Trinajstić information content (AvgIpc) is 3.06. The minimum atomic E-state index is 0.173. The van der Waals surface area contributed by atoms with E-state index < -0.39 is 0 Å². The molecule has 0 saturated heterocycles. The van der Waals surface area contributed by atoms with Crippen LogP contribution in [0.15, 0.2) is 146 Å². The van der Waals surface area contributed by atoms with Crippen molar-refractivity contribution < 1.29 is 0 Å². The lowest BCUT2D eigenvalue weighted by Crippen LogP contribution is -2.27. The maximum Gasteiger partial charge on any atom is 0.0632 e. The summed E-state index contributed by atoms with van der Waals surface area (Å²) in [5.74, 6) is 0. The monoisotopic (exact) mass is 566 g/mol. The van der Waals surface area contributed by atoms with Gasteiger partial charge in [0, 0.05) is 28.1 Å². The van der Waals surface area contributed by atoms with Gasteiger partial charge in [-0.1, -0.05) is 97.1 Å². The summed E-state index contributed by atoms with van der Waals surface area (Å²) < 4.78 is 0. The van der Waals surface area contributed by atoms with E-state index in [0.29, 0.717) is 0 Å². The van der Waals surface area contributed by atoms with Gasteiger partial charge in [-0.05, 0) is 113 Å². The topological polar surface area (TPSA) is 6.48 Å². The van der Waals surface area contributed by atoms with Crippen molar-refractivity contribution in [1.29, 1.82) is 0 Å². The van der Waals surface area contributed by atoms with Crippen LogP contribution in [-0.2, 0) is 0 Å². The lowest BCUT2D eigenvalue weighted by atomic mass is 9.85. The summed E-state index contributed by atoms with van der Waals surface area (Å²) in [6.07, 6.45) is 3.38. The van der Waals surface area contributed by atoms with Crippen LogP contribution in [-0.4, -0.2) is 0 Å². The molecule has 0 N–H and O–H groups in total. The summed E-state index contributed by atoms with van der Waals surface area (Å²) in [6.45, 7) is 4.34. The van der Waals surface area contributed by atoms with Crippen molar-refractivity contribution in [3.8, 4) is 0 Å². The normalized spacial score (nSPS) is 14.0. The van der Waals surface area contributed by atoms with Crippen LogP contribution < -0.4 is 15.0 Å². The van der Waals surface area contributed by atoms with Crippen LogP contribution in [0, 0.1) is 13.8 Å². The van der Waals surface area contributed by atoms with E-state index in [9.17, 15) is 0 Å². The van der Waals surface area contributed by atoms with Crippen LogP contribution in [0.1, 0.15) is 29.2 Å². The first-order chi connectivity index (χ1) is 21.7. The minimum Gasteiger partial charge on any atom is -0.334 e. The van der Waals surface area contributed by atoms with Gasteiger partial charge >= 0.3 is 0 Å². The highest BCUT2D eigenvalue weighted by molar-refractivity contribution is 6.17. The quantitative estimate of drug-likeness (QED) is 0.198. The Bertz CT molecular complexity index is 2180. The summed E-state index contributed by atoms with van der Waals surface area (Å²) in [5.41, 5.74) is 9.84. The number of benzene rings is 7. The summed E-state index contributed by atoms with van der Waals surface area (Å²) in [7, 11) is 0. The third kappa shape index (κ3) is 4.42. The van der Waals surface area contributed by atoms with Crippen molar-refractivity contribution >= 4 is 56.1 Å². The van der Waals surface area contributed by atoms with Gasteiger partial charge in [-0.2, -0.15) is 0 Å². The number of para-hydroxylation sites is 2. The first kappa shape index (κ1) is 26.3.